The molecule has 2 aromatic rings. The molecular weight excluding hydrogens is 398 g/mol. The number of benzene rings is 2. The Morgan fingerprint density at radius 3 is 2.23 bits per heavy atom. The third kappa shape index (κ3) is 8.31. The zero-order chi connectivity index (χ0) is 22.6. The summed E-state index contributed by atoms with van der Waals surface area (Å²) in [4.78, 5) is 36.4. The smallest absolute Gasteiger partial charge is 0.408 e. The first-order chi connectivity index (χ1) is 14.9. The van der Waals surface area contributed by atoms with E-state index in [1.165, 1.54) is 6.92 Å². The zero-order valence-corrected chi connectivity index (χ0v) is 17.2. The summed E-state index contributed by atoms with van der Waals surface area (Å²) in [5.74, 6) is -1.48. The summed E-state index contributed by atoms with van der Waals surface area (Å²) in [6, 6.07) is 16.1. The lowest BCUT2D eigenvalue weighted by Gasteiger charge is -2.23. The molecule has 3 atom stereocenters. The highest BCUT2D eigenvalue weighted by Crippen LogP contribution is 2.05. The minimum Gasteiger partial charge on any atom is -0.445 e. The third-order valence-corrected chi connectivity index (χ3v) is 4.39. The monoisotopic (exact) mass is 425 g/mol. The Bertz CT molecular complexity index is 885. The highest BCUT2D eigenvalue weighted by molar-refractivity contribution is 5.91. The van der Waals surface area contributed by atoms with Crippen molar-refractivity contribution in [3.63, 3.8) is 0 Å². The van der Waals surface area contributed by atoms with Gasteiger partial charge in [0, 0.05) is 0 Å². The van der Waals surface area contributed by atoms with E-state index >= 15 is 0 Å². The Morgan fingerprint density at radius 2 is 1.65 bits per heavy atom. The van der Waals surface area contributed by atoms with Gasteiger partial charge in [0.15, 0.2) is 0 Å². The van der Waals surface area contributed by atoms with E-state index < -0.39 is 36.1 Å². The van der Waals surface area contributed by atoms with Crippen LogP contribution < -0.4 is 16.4 Å². The fraction of sp³-hybridized carbons (Fsp3) is 0.261. The number of nitrogens with two attached hydrogens (primary N) is 1. The van der Waals surface area contributed by atoms with Crippen LogP contribution in [0.1, 0.15) is 24.5 Å². The van der Waals surface area contributed by atoms with Gasteiger partial charge in [-0.15, -0.1) is 0 Å². The van der Waals surface area contributed by atoms with Gasteiger partial charge < -0.3 is 26.2 Å². The molecule has 8 nitrogen and oxygen atoms in total. The Kier molecular flexibility index (Phi) is 9.25. The van der Waals surface area contributed by atoms with Gasteiger partial charge in [-0.1, -0.05) is 72.8 Å². The molecule has 0 aliphatic heterocycles. The molecule has 0 bridgehead atoms. The minimum absolute atomic E-state index is 0.00894. The number of carbonyl (C=O) groups excluding carboxylic acids is 3. The first kappa shape index (κ1) is 23.6. The Hall–Kier alpha value is -3.65. The second-order valence-electron chi connectivity index (χ2n) is 6.94. The van der Waals surface area contributed by atoms with Gasteiger partial charge in [-0.05, 0) is 24.5 Å². The van der Waals surface area contributed by atoms with E-state index in [1.807, 2.05) is 36.4 Å². The van der Waals surface area contributed by atoms with Gasteiger partial charge in [0.05, 0.1) is 6.10 Å². The fourth-order valence-electron chi connectivity index (χ4n) is 2.71. The number of rotatable bonds is 10. The van der Waals surface area contributed by atoms with Gasteiger partial charge in [0.25, 0.3) is 0 Å². The summed E-state index contributed by atoms with van der Waals surface area (Å²) in [6.07, 6.45) is 1.57. The number of nitrogens with one attached hydrogen (secondary N) is 2. The Labute approximate surface area is 181 Å². The molecule has 3 amide bonds. The summed E-state index contributed by atoms with van der Waals surface area (Å²) >= 11 is 0. The first-order valence-corrected chi connectivity index (χ1v) is 9.83. The normalized spacial score (nSPS) is 13.7. The van der Waals surface area contributed by atoms with Crippen LogP contribution in [-0.4, -0.2) is 41.2 Å². The van der Waals surface area contributed by atoms with Crippen molar-refractivity contribution in [2.45, 2.75) is 38.1 Å². The molecule has 0 spiro atoms. The van der Waals surface area contributed by atoms with E-state index in [-0.39, 0.29) is 13.0 Å². The number of aliphatic hydroxyl groups excluding tert-OH is 1. The van der Waals surface area contributed by atoms with Crippen LogP contribution in [0, 0.1) is 0 Å². The van der Waals surface area contributed by atoms with Crippen molar-refractivity contribution in [1.82, 2.24) is 10.6 Å². The minimum atomic E-state index is -1.32. The van der Waals surface area contributed by atoms with Crippen LogP contribution in [0.4, 0.5) is 4.79 Å². The number of hydrogen-bond acceptors (Lipinski definition) is 5. The molecule has 0 aliphatic carbocycles. The third-order valence-electron chi connectivity index (χ3n) is 4.39. The van der Waals surface area contributed by atoms with Gasteiger partial charge in [0.1, 0.15) is 18.7 Å². The van der Waals surface area contributed by atoms with E-state index in [0.717, 1.165) is 11.1 Å². The Morgan fingerprint density at radius 1 is 1.03 bits per heavy atom. The highest BCUT2D eigenvalue weighted by atomic mass is 16.5. The molecule has 0 saturated heterocycles. The summed E-state index contributed by atoms with van der Waals surface area (Å²) < 4.78 is 5.08. The second kappa shape index (κ2) is 12.1. The second-order valence-corrected chi connectivity index (χ2v) is 6.94. The molecule has 0 unspecified atom stereocenters. The van der Waals surface area contributed by atoms with E-state index in [2.05, 4.69) is 10.6 Å². The predicted molar refractivity (Wildman–Crippen MR) is 116 cm³/mol. The molecule has 0 radical (unpaired) electrons. The average molecular weight is 425 g/mol. The van der Waals surface area contributed by atoms with Crippen LogP contribution in [0.5, 0.6) is 0 Å². The van der Waals surface area contributed by atoms with Crippen molar-refractivity contribution in [3.05, 3.63) is 77.9 Å². The summed E-state index contributed by atoms with van der Waals surface area (Å²) in [5.41, 5.74) is 7.10. The molecule has 0 heterocycles. The highest BCUT2D eigenvalue weighted by Gasteiger charge is 2.29. The lowest BCUT2D eigenvalue weighted by Crippen LogP contribution is -2.56. The molecule has 0 aromatic heterocycles. The lowest BCUT2D eigenvalue weighted by atomic mass is 10.1. The molecule has 2 aromatic carbocycles. The number of carbonyl (C=O) groups is 3. The van der Waals surface area contributed by atoms with Crippen molar-refractivity contribution in [1.29, 1.82) is 0 Å². The van der Waals surface area contributed by atoms with E-state index in [9.17, 15) is 19.5 Å². The van der Waals surface area contributed by atoms with Gasteiger partial charge >= 0.3 is 6.09 Å². The molecule has 0 saturated carbocycles. The standard InChI is InChI=1S/C23H27N3O5/c1-16(27)20(26-23(30)31-15-18-11-6-3-7-12-18)22(29)25-19(21(24)28)14-8-13-17-9-4-2-5-10-17/h2-13,16,19-20,27H,14-15H2,1H3,(H2,24,28)(H,25,29)(H,26,30)/b13-8+/t16-,19-,20+/m1/s1. The van der Waals surface area contributed by atoms with Crippen LogP contribution >= 0.6 is 0 Å². The van der Waals surface area contributed by atoms with Crippen molar-refractivity contribution in [2.24, 2.45) is 5.73 Å². The molecule has 0 aliphatic rings. The average Bonchev–Trinajstić information content (AvgIpc) is 2.76. The number of alkyl carbamates (subject to hydrolysis) is 1. The summed E-state index contributed by atoms with van der Waals surface area (Å²) in [7, 11) is 0. The number of primary amides is 1. The SMILES string of the molecule is C[C@@H](O)[C@H](NC(=O)OCc1ccccc1)C(=O)N[C@H](C/C=C/c1ccccc1)C(N)=O. The van der Waals surface area contributed by atoms with Crippen LogP contribution in [0.3, 0.4) is 0 Å². The first-order valence-electron chi connectivity index (χ1n) is 9.83. The molecular formula is C23H27N3O5. The van der Waals surface area contributed by atoms with Crippen molar-refractivity contribution >= 4 is 24.0 Å². The van der Waals surface area contributed by atoms with Gasteiger partial charge in [0.2, 0.25) is 11.8 Å². The molecule has 0 fully saturated rings. The molecule has 164 valence electrons. The zero-order valence-electron chi connectivity index (χ0n) is 17.2. The topological polar surface area (TPSA) is 131 Å². The van der Waals surface area contributed by atoms with Crippen LogP contribution in [0.2, 0.25) is 0 Å². The molecule has 2 rings (SSSR count). The van der Waals surface area contributed by atoms with Crippen molar-refractivity contribution < 1.29 is 24.2 Å². The van der Waals surface area contributed by atoms with E-state index in [0.29, 0.717) is 0 Å². The maximum Gasteiger partial charge on any atom is 0.408 e. The van der Waals surface area contributed by atoms with Crippen molar-refractivity contribution in [3.8, 4) is 0 Å². The fourth-order valence-corrected chi connectivity index (χ4v) is 2.71. The summed E-state index contributed by atoms with van der Waals surface area (Å²) in [5, 5.41) is 14.7. The van der Waals surface area contributed by atoms with E-state index in [1.54, 1.807) is 36.4 Å². The predicted octanol–water partition coefficient (Wildman–Crippen LogP) is 1.74. The van der Waals surface area contributed by atoms with E-state index in [4.69, 9.17) is 10.5 Å². The lowest BCUT2D eigenvalue weighted by molar-refractivity contribution is -0.130. The molecule has 5 N–H and O–H groups in total. The quantitative estimate of drug-likeness (QED) is 0.461. The molecule has 8 heteroatoms. The van der Waals surface area contributed by atoms with Crippen LogP contribution in [-0.2, 0) is 20.9 Å². The largest absolute Gasteiger partial charge is 0.445 e. The number of hydrogen-bond donors (Lipinski definition) is 4. The number of aliphatic hydroxyl groups is 1. The number of amides is 3. The Balaban J connectivity index is 1.92. The maximum atomic E-state index is 12.6. The van der Waals surface area contributed by atoms with Gasteiger partial charge in [-0.3, -0.25) is 9.59 Å². The van der Waals surface area contributed by atoms with Crippen LogP contribution in [0.25, 0.3) is 6.08 Å². The van der Waals surface area contributed by atoms with Crippen LogP contribution in [0.15, 0.2) is 66.7 Å². The molecule has 31 heavy (non-hydrogen) atoms. The summed E-state index contributed by atoms with van der Waals surface area (Å²) in [6.45, 7) is 1.35. The van der Waals surface area contributed by atoms with Gasteiger partial charge in [-0.2, -0.15) is 0 Å². The number of ether oxygens (including phenoxy) is 1. The van der Waals surface area contributed by atoms with Gasteiger partial charge in [-0.25, -0.2) is 4.79 Å². The van der Waals surface area contributed by atoms with Crippen molar-refractivity contribution in [2.75, 3.05) is 0 Å². The maximum absolute atomic E-state index is 12.6.